The third kappa shape index (κ3) is 5.31. The zero-order valence-electron chi connectivity index (χ0n) is 19.9. The van der Waals surface area contributed by atoms with E-state index in [2.05, 4.69) is 11.6 Å². The average molecular weight is 520 g/mol. The Morgan fingerprint density at radius 1 is 1.24 bits per heavy atom. The van der Waals surface area contributed by atoms with Crippen molar-refractivity contribution in [1.29, 1.82) is 0 Å². The van der Waals surface area contributed by atoms with Crippen molar-refractivity contribution in [2.45, 2.75) is 19.9 Å². The van der Waals surface area contributed by atoms with E-state index in [-0.39, 0.29) is 22.4 Å². The smallest absolute Gasteiger partial charge is 0.338 e. The van der Waals surface area contributed by atoms with Gasteiger partial charge in [-0.2, -0.15) is 0 Å². The van der Waals surface area contributed by atoms with Gasteiger partial charge in [0, 0.05) is 19.1 Å². The van der Waals surface area contributed by atoms with E-state index >= 15 is 0 Å². The summed E-state index contributed by atoms with van der Waals surface area (Å²) in [5.74, 6) is -0.819. The molecule has 0 bridgehead atoms. The molecule has 1 aliphatic heterocycles. The van der Waals surface area contributed by atoms with Crippen LogP contribution < -0.4 is 19.6 Å². The lowest BCUT2D eigenvalue weighted by atomic mass is 9.96. The number of carbonyl (C=O) groups is 2. The van der Waals surface area contributed by atoms with Crippen LogP contribution in [0, 0.1) is 10.1 Å². The van der Waals surface area contributed by atoms with Crippen molar-refractivity contribution >= 4 is 35.0 Å². The highest BCUT2D eigenvalue weighted by Crippen LogP contribution is 2.31. The van der Waals surface area contributed by atoms with Gasteiger partial charge >= 0.3 is 11.9 Å². The van der Waals surface area contributed by atoms with Crippen LogP contribution in [0.3, 0.4) is 0 Å². The first-order chi connectivity index (χ1) is 17.7. The molecule has 2 aromatic carbocycles. The minimum Gasteiger partial charge on any atom is -0.458 e. The number of nitro benzene ring substituents is 1. The van der Waals surface area contributed by atoms with Gasteiger partial charge in [0.2, 0.25) is 0 Å². The van der Waals surface area contributed by atoms with E-state index in [1.165, 1.54) is 35.8 Å². The van der Waals surface area contributed by atoms with E-state index in [0.29, 0.717) is 27.4 Å². The number of benzene rings is 2. The van der Waals surface area contributed by atoms with Gasteiger partial charge in [0.25, 0.3) is 11.2 Å². The number of aromatic nitrogens is 1. The van der Waals surface area contributed by atoms with E-state index in [0.717, 1.165) is 11.3 Å². The molecule has 1 aromatic heterocycles. The maximum Gasteiger partial charge on any atom is 0.338 e. The Morgan fingerprint density at radius 2 is 1.97 bits per heavy atom. The van der Waals surface area contributed by atoms with Crippen molar-refractivity contribution in [1.82, 2.24) is 4.57 Å². The number of thiazole rings is 1. The van der Waals surface area contributed by atoms with Crippen LogP contribution in [0.15, 0.2) is 82.2 Å². The lowest BCUT2D eigenvalue weighted by Gasteiger charge is -2.24. The zero-order valence-corrected chi connectivity index (χ0v) is 20.7. The lowest BCUT2D eigenvalue weighted by molar-refractivity contribution is -0.384. The van der Waals surface area contributed by atoms with Gasteiger partial charge < -0.3 is 9.47 Å². The standard InChI is InChI=1S/C26H21N3O7S/c1-4-12-35-25(32)22-15(2)27-26-28(23(22)18-8-10-20(11-9-18)36-16(3)30)24(31)21(37-26)14-17-6-5-7-19(13-17)29(33)34/h4-11,13-14,23H,1,12H2,2-3H3/b21-14-/t23-/m0/s1. The van der Waals surface area contributed by atoms with Gasteiger partial charge in [0.05, 0.1) is 26.8 Å². The molecule has 0 saturated carbocycles. The number of carbonyl (C=O) groups excluding carboxylic acids is 2. The molecule has 4 rings (SSSR count). The monoisotopic (exact) mass is 519 g/mol. The number of hydrogen-bond acceptors (Lipinski definition) is 9. The lowest BCUT2D eigenvalue weighted by Crippen LogP contribution is -2.39. The van der Waals surface area contributed by atoms with Gasteiger partial charge in [0.15, 0.2) is 4.80 Å². The second-order valence-electron chi connectivity index (χ2n) is 7.98. The van der Waals surface area contributed by atoms with Gasteiger partial charge in [-0.1, -0.05) is 48.3 Å². The summed E-state index contributed by atoms with van der Waals surface area (Å²) >= 11 is 1.10. The van der Waals surface area contributed by atoms with E-state index in [1.807, 2.05) is 0 Å². The molecule has 188 valence electrons. The predicted octanol–water partition coefficient (Wildman–Crippen LogP) is 2.80. The Morgan fingerprint density at radius 3 is 2.62 bits per heavy atom. The van der Waals surface area contributed by atoms with Crippen molar-refractivity contribution in [3.8, 4) is 5.75 Å². The van der Waals surface area contributed by atoms with Gasteiger partial charge in [-0.25, -0.2) is 9.79 Å². The number of non-ortho nitro benzene ring substituents is 1. The van der Waals surface area contributed by atoms with Gasteiger partial charge in [-0.3, -0.25) is 24.3 Å². The normalized spacial score (nSPS) is 15.0. The minimum atomic E-state index is -0.868. The Kier molecular flexibility index (Phi) is 7.25. The van der Waals surface area contributed by atoms with Crippen molar-refractivity contribution in [2.75, 3.05) is 6.61 Å². The minimum absolute atomic E-state index is 0.0229. The first kappa shape index (κ1) is 25.5. The van der Waals surface area contributed by atoms with Crippen LogP contribution in [0.25, 0.3) is 6.08 Å². The maximum absolute atomic E-state index is 13.6. The zero-order chi connectivity index (χ0) is 26.7. The molecule has 2 heterocycles. The highest BCUT2D eigenvalue weighted by molar-refractivity contribution is 7.07. The summed E-state index contributed by atoms with van der Waals surface area (Å²) in [7, 11) is 0. The van der Waals surface area contributed by atoms with Crippen LogP contribution in [-0.2, 0) is 14.3 Å². The molecule has 0 saturated heterocycles. The van der Waals surface area contributed by atoms with E-state index < -0.39 is 28.5 Å². The van der Waals surface area contributed by atoms with Crippen molar-refractivity contribution in [3.63, 3.8) is 0 Å². The Balaban J connectivity index is 1.89. The predicted molar refractivity (Wildman–Crippen MR) is 136 cm³/mol. The molecule has 3 aromatic rings. The molecule has 0 amide bonds. The first-order valence-corrected chi connectivity index (χ1v) is 11.8. The molecule has 1 atom stereocenters. The summed E-state index contributed by atoms with van der Waals surface area (Å²) in [6.07, 6.45) is 2.98. The van der Waals surface area contributed by atoms with E-state index in [9.17, 15) is 24.5 Å². The molecule has 0 aliphatic carbocycles. The molecule has 10 nitrogen and oxygen atoms in total. The molecular weight excluding hydrogens is 498 g/mol. The second kappa shape index (κ2) is 10.5. The van der Waals surface area contributed by atoms with Crippen molar-refractivity contribution in [2.24, 2.45) is 4.99 Å². The van der Waals surface area contributed by atoms with Crippen LogP contribution >= 0.6 is 11.3 Å². The second-order valence-corrected chi connectivity index (χ2v) is 8.99. The fourth-order valence-electron chi connectivity index (χ4n) is 3.87. The van der Waals surface area contributed by atoms with E-state index in [4.69, 9.17) is 9.47 Å². The Bertz CT molecular complexity index is 1630. The summed E-state index contributed by atoms with van der Waals surface area (Å²) in [5, 5.41) is 11.2. The average Bonchev–Trinajstić information content (AvgIpc) is 3.16. The molecule has 0 unspecified atom stereocenters. The highest BCUT2D eigenvalue weighted by Gasteiger charge is 2.33. The maximum atomic E-state index is 13.6. The van der Waals surface area contributed by atoms with Crippen LogP contribution in [0.1, 0.15) is 31.0 Å². The Hall–Kier alpha value is -4.64. The number of nitro groups is 1. The van der Waals surface area contributed by atoms with Crippen LogP contribution in [0.5, 0.6) is 5.75 Å². The number of rotatable bonds is 7. The molecule has 0 N–H and O–H groups in total. The summed E-state index contributed by atoms with van der Waals surface area (Å²) in [6.45, 7) is 6.48. The number of fused-ring (bicyclic) bond motifs is 1. The number of allylic oxidation sites excluding steroid dienone is 1. The number of esters is 2. The highest BCUT2D eigenvalue weighted by atomic mass is 32.1. The molecule has 11 heteroatoms. The fourth-order valence-corrected chi connectivity index (χ4v) is 4.92. The SMILES string of the molecule is C=CCOC(=O)C1=C(C)N=c2s/c(=C\c3cccc([N+](=O)[O-])c3)c(=O)n2[C@H]1c1ccc(OC(C)=O)cc1. The number of hydrogen-bond donors (Lipinski definition) is 0. The quantitative estimate of drug-likeness (QED) is 0.154. The van der Waals surface area contributed by atoms with Crippen LogP contribution in [0.2, 0.25) is 0 Å². The number of ether oxygens (including phenoxy) is 2. The molecule has 0 fully saturated rings. The van der Waals surface area contributed by atoms with E-state index in [1.54, 1.807) is 43.3 Å². The van der Waals surface area contributed by atoms with Gasteiger partial charge in [-0.15, -0.1) is 0 Å². The summed E-state index contributed by atoms with van der Waals surface area (Å²) in [5.41, 5.74) is 1.07. The summed E-state index contributed by atoms with van der Waals surface area (Å²) in [4.78, 5) is 53.5. The van der Waals surface area contributed by atoms with Crippen LogP contribution in [0.4, 0.5) is 5.69 Å². The summed E-state index contributed by atoms with van der Waals surface area (Å²) in [6, 6.07) is 11.5. The van der Waals surface area contributed by atoms with Gasteiger partial charge in [0.1, 0.15) is 12.4 Å². The van der Waals surface area contributed by atoms with Crippen LogP contribution in [-0.4, -0.2) is 28.0 Å². The third-order valence-electron chi connectivity index (χ3n) is 5.41. The third-order valence-corrected chi connectivity index (χ3v) is 6.39. The Labute approximate surface area is 214 Å². The topological polar surface area (TPSA) is 130 Å². The first-order valence-electron chi connectivity index (χ1n) is 11.0. The fraction of sp³-hybridized carbons (Fsp3) is 0.154. The molecular formula is C26H21N3O7S. The molecule has 1 aliphatic rings. The van der Waals surface area contributed by atoms with Crippen molar-refractivity contribution in [3.05, 3.63) is 113 Å². The molecule has 0 spiro atoms. The van der Waals surface area contributed by atoms with Gasteiger partial charge in [-0.05, 0) is 36.3 Å². The molecule has 37 heavy (non-hydrogen) atoms. The largest absolute Gasteiger partial charge is 0.458 e. The molecule has 0 radical (unpaired) electrons. The summed E-state index contributed by atoms with van der Waals surface area (Å²) < 4.78 is 12.1. The number of nitrogens with zero attached hydrogens (tertiary/aromatic N) is 3. The van der Waals surface area contributed by atoms with Crippen molar-refractivity contribution < 1.29 is 24.0 Å².